The maximum Gasteiger partial charge on any atom is 0.166 e. The molecule has 0 aliphatic carbocycles. The highest BCUT2D eigenvalue weighted by Gasteiger charge is 2.11. The second kappa shape index (κ2) is 4.72. The van der Waals surface area contributed by atoms with Crippen molar-refractivity contribution in [2.75, 3.05) is 7.11 Å². The molecule has 0 unspecified atom stereocenters. The van der Waals surface area contributed by atoms with Crippen LogP contribution in [0.3, 0.4) is 0 Å². The lowest BCUT2D eigenvalue weighted by Crippen LogP contribution is -1.90. The van der Waals surface area contributed by atoms with Gasteiger partial charge in [-0.1, -0.05) is 23.7 Å². The molecule has 0 heterocycles. The predicted octanol–water partition coefficient (Wildman–Crippen LogP) is 4.29. The first kappa shape index (κ1) is 11.9. The first-order chi connectivity index (χ1) is 8.11. The van der Waals surface area contributed by atoms with Crippen molar-refractivity contribution in [2.24, 2.45) is 0 Å². The summed E-state index contributed by atoms with van der Waals surface area (Å²) in [6.07, 6.45) is 0. The Morgan fingerprint density at radius 3 is 2.59 bits per heavy atom. The third-order valence-electron chi connectivity index (χ3n) is 2.37. The fourth-order valence-electron chi connectivity index (χ4n) is 1.56. The largest absolute Gasteiger partial charge is 0.497 e. The van der Waals surface area contributed by atoms with Gasteiger partial charge in [-0.2, -0.15) is 0 Å². The summed E-state index contributed by atoms with van der Waals surface area (Å²) in [4.78, 5) is 0. The smallest absolute Gasteiger partial charge is 0.166 e. The zero-order valence-electron chi connectivity index (χ0n) is 9.01. The summed E-state index contributed by atoms with van der Waals surface area (Å²) in [6, 6.07) is 8.76. The van der Waals surface area contributed by atoms with Crippen LogP contribution in [0.1, 0.15) is 0 Å². The van der Waals surface area contributed by atoms with E-state index >= 15 is 0 Å². The minimum absolute atomic E-state index is 0.158. The average Bonchev–Trinajstić information content (AvgIpc) is 2.31. The van der Waals surface area contributed by atoms with Crippen molar-refractivity contribution in [1.29, 1.82) is 0 Å². The molecule has 88 valence electrons. The van der Waals surface area contributed by atoms with E-state index in [1.54, 1.807) is 18.2 Å². The molecule has 0 fully saturated rings. The van der Waals surface area contributed by atoms with E-state index in [2.05, 4.69) is 0 Å². The van der Waals surface area contributed by atoms with Crippen molar-refractivity contribution in [1.82, 2.24) is 0 Å². The molecule has 2 aromatic carbocycles. The van der Waals surface area contributed by atoms with Gasteiger partial charge in [-0.05, 0) is 29.8 Å². The first-order valence-electron chi connectivity index (χ1n) is 4.91. The molecule has 17 heavy (non-hydrogen) atoms. The molecule has 0 saturated heterocycles. The monoisotopic (exact) mass is 254 g/mol. The summed E-state index contributed by atoms with van der Waals surface area (Å²) in [5.74, 6) is -1.28. The lowest BCUT2D eigenvalue weighted by Gasteiger charge is -2.07. The fourth-order valence-corrected chi connectivity index (χ4v) is 1.79. The molecule has 1 nitrogen and oxygen atoms in total. The first-order valence-corrected chi connectivity index (χ1v) is 5.28. The van der Waals surface area contributed by atoms with Crippen molar-refractivity contribution in [3.8, 4) is 16.9 Å². The molecule has 0 aliphatic rings. The number of methoxy groups -OCH3 is 1. The highest BCUT2D eigenvalue weighted by atomic mass is 35.5. The molecular weight excluding hydrogens is 246 g/mol. The number of halogens is 3. The molecule has 2 aromatic rings. The van der Waals surface area contributed by atoms with Gasteiger partial charge in [-0.15, -0.1) is 0 Å². The van der Waals surface area contributed by atoms with Crippen LogP contribution >= 0.6 is 11.6 Å². The van der Waals surface area contributed by atoms with E-state index in [9.17, 15) is 8.78 Å². The van der Waals surface area contributed by atoms with Crippen LogP contribution in [0.2, 0.25) is 5.02 Å². The molecule has 0 bridgehead atoms. The summed E-state index contributed by atoms with van der Waals surface area (Å²) >= 11 is 5.87. The van der Waals surface area contributed by atoms with E-state index in [0.29, 0.717) is 16.3 Å². The zero-order chi connectivity index (χ0) is 12.4. The Hall–Kier alpha value is -1.61. The van der Waals surface area contributed by atoms with E-state index in [0.717, 1.165) is 6.07 Å². The molecule has 0 amide bonds. The third kappa shape index (κ3) is 2.39. The molecule has 0 radical (unpaired) electrons. The molecule has 0 spiro atoms. The fraction of sp³-hybridized carbons (Fsp3) is 0.0769. The van der Waals surface area contributed by atoms with Crippen LogP contribution in [0.15, 0.2) is 36.4 Å². The molecule has 0 saturated carbocycles. The Balaban J connectivity index is 2.60. The standard InChI is InChI=1S/C13H9ClF2O/c1-17-10-6-8(5-9(14)7-10)11-3-2-4-12(15)13(11)16/h2-7H,1H3. The Labute approximate surface area is 103 Å². The van der Waals surface area contributed by atoms with E-state index in [1.165, 1.54) is 19.2 Å². The van der Waals surface area contributed by atoms with Gasteiger partial charge in [0.05, 0.1) is 7.11 Å². The van der Waals surface area contributed by atoms with E-state index in [-0.39, 0.29) is 5.56 Å². The maximum absolute atomic E-state index is 13.6. The predicted molar refractivity (Wildman–Crippen MR) is 63.4 cm³/mol. The zero-order valence-corrected chi connectivity index (χ0v) is 9.76. The molecule has 0 N–H and O–H groups in total. The number of ether oxygens (including phenoxy) is 1. The van der Waals surface area contributed by atoms with Gasteiger partial charge >= 0.3 is 0 Å². The van der Waals surface area contributed by atoms with Crippen molar-refractivity contribution < 1.29 is 13.5 Å². The van der Waals surface area contributed by atoms with Crippen LogP contribution in [0.5, 0.6) is 5.75 Å². The molecule has 0 aromatic heterocycles. The van der Waals surface area contributed by atoms with E-state index in [4.69, 9.17) is 16.3 Å². The van der Waals surface area contributed by atoms with Gasteiger partial charge in [0, 0.05) is 10.6 Å². The molecule has 2 rings (SSSR count). The van der Waals surface area contributed by atoms with Gasteiger partial charge in [-0.3, -0.25) is 0 Å². The molecule has 0 atom stereocenters. The Bertz CT molecular complexity index is 555. The number of rotatable bonds is 2. The van der Waals surface area contributed by atoms with Crippen LogP contribution in [-0.4, -0.2) is 7.11 Å². The summed E-state index contributed by atoms with van der Waals surface area (Å²) in [6.45, 7) is 0. The molecule has 4 heteroatoms. The Kier molecular flexibility index (Phi) is 3.29. The van der Waals surface area contributed by atoms with Gasteiger partial charge in [0.25, 0.3) is 0 Å². The van der Waals surface area contributed by atoms with Crippen molar-refractivity contribution in [3.63, 3.8) is 0 Å². The number of benzene rings is 2. The summed E-state index contributed by atoms with van der Waals surface area (Å²) in [5.41, 5.74) is 0.636. The SMILES string of the molecule is COc1cc(Cl)cc(-c2cccc(F)c2F)c1. The number of hydrogen-bond donors (Lipinski definition) is 0. The summed E-state index contributed by atoms with van der Waals surface area (Å²) in [7, 11) is 1.48. The lowest BCUT2D eigenvalue weighted by atomic mass is 10.0. The highest BCUT2D eigenvalue weighted by molar-refractivity contribution is 6.31. The number of hydrogen-bond acceptors (Lipinski definition) is 1. The Morgan fingerprint density at radius 1 is 1.12 bits per heavy atom. The van der Waals surface area contributed by atoms with Crippen molar-refractivity contribution in [2.45, 2.75) is 0 Å². The average molecular weight is 255 g/mol. The van der Waals surface area contributed by atoms with Gasteiger partial charge < -0.3 is 4.74 Å². The van der Waals surface area contributed by atoms with Crippen LogP contribution in [0.25, 0.3) is 11.1 Å². The maximum atomic E-state index is 13.6. The van der Waals surface area contributed by atoms with E-state index in [1.807, 2.05) is 0 Å². The van der Waals surface area contributed by atoms with Gasteiger partial charge in [-0.25, -0.2) is 8.78 Å². The van der Waals surface area contributed by atoms with Crippen LogP contribution in [-0.2, 0) is 0 Å². The molecule has 0 aliphatic heterocycles. The van der Waals surface area contributed by atoms with Crippen molar-refractivity contribution in [3.05, 3.63) is 53.1 Å². The van der Waals surface area contributed by atoms with Crippen LogP contribution in [0.4, 0.5) is 8.78 Å². The lowest BCUT2D eigenvalue weighted by molar-refractivity contribution is 0.415. The van der Waals surface area contributed by atoms with E-state index < -0.39 is 11.6 Å². The quantitative estimate of drug-likeness (QED) is 0.777. The van der Waals surface area contributed by atoms with Gasteiger partial charge in [0.15, 0.2) is 11.6 Å². The highest BCUT2D eigenvalue weighted by Crippen LogP contribution is 2.30. The summed E-state index contributed by atoms with van der Waals surface area (Å²) < 4.78 is 31.7. The summed E-state index contributed by atoms with van der Waals surface area (Å²) in [5, 5.41) is 0.406. The minimum atomic E-state index is -0.892. The van der Waals surface area contributed by atoms with Gasteiger partial charge in [0.2, 0.25) is 0 Å². The Morgan fingerprint density at radius 2 is 1.88 bits per heavy atom. The molecular formula is C13H9ClF2O. The second-order valence-electron chi connectivity index (χ2n) is 3.48. The topological polar surface area (TPSA) is 9.23 Å². The van der Waals surface area contributed by atoms with Gasteiger partial charge in [0.1, 0.15) is 5.75 Å². The minimum Gasteiger partial charge on any atom is -0.497 e. The second-order valence-corrected chi connectivity index (χ2v) is 3.92. The normalized spacial score (nSPS) is 10.4. The van der Waals surface area contributed by atoms with Crippen LogP contribution in [0, 0.1) is 11.6 Å². The third-order valence-corrected chi connectivity index (χ3v) is 2.59. The van der Waals surface area contributed by atoms with Crippen LogP contribution < -0.4 is 4.74 Å². The van der Waals surface area contributed by atoms with Crippen molar-refractivity contribution >= 4 is 11.6 Å².